The Bertz CT molecular complexity index is 1350. The Morgan fingerprint density at radius 3 is 2.50 bits per heavy atom. The van der Waals surface area contributed by atoms with Gasteiger partial charge in [-0.1, -0.05) is 42.0 Å². The lowest BCUT2D eigenvalue weighted by atomic mass is 10.2. The summed E-state index contributed by atoms with van der Waals surface area (Å²) in [6, 6.07) is 20.0. The van der Waals surface area contributed by atoms with Gasteiger partial charge in [-0.05, 0) is 60.2 Å². The highest BCUT2D eigenvalue weighted by atomic mass is 32.2. The van der Waals surface area contributed by atoms with Gasteiger partial charge in [-0.2, -0.15) is 0 Å². The second-order valence-corrected chi connectivity index (χ2v) is 8.96. The number of hydrogen-bond acceptors (Lipinski definition) is 7. The van der Waals surface area contributed by atoms with Crippen LogP contribution >= 0.6 is 11.8 Å². The summed E-state index contributed by atoms with van der Waals surface area (Å²) in [6.07, 6.45) is 1.59. The van der Waals surface area contributed by atoms with Crippen molar-refractivity contribution in [1.29, 1.82) is 0 Å². The predicted molar refractivity (Wildman–Crippen MR) is 136 cm³/mol. The van der Waals surface area contributed by atoms with E-state index in [0.717, 1.165) is 22.2 Å². The zero-order valence-corrected chi connectivity index (χ0v) is 20.0. The molecule has 10 heteroatoms. The van der Waals surface area contributed by atoms with Crippen molar-refractivity contribution in [3.05, 3.63) is 105 Å². The Morgan fingerprint density at radius 2 is 1.81 bits per heavy atom. The molecule has 3 aromatic rings. The molecule has 0 aromatic heterocycles. The third kappa shape index (κ3) is 6.16. The minimum absolute atomic E-state index is 0.0544. The summed E-state index contributed by atoms with van der Waals surface area (Å²) in [5.41, 5.74) is 2.83. The van der Waals surface area contributed by atoms with Crippen LogP contribution in [0.2, 0.25) is 0 Å². The molecule has 1 aliphatic heterocycles. The Balaban J connectivity index is 1.34. The largest absolute Gasteiger partial charge is 0.484 e. The van der Waals surface area contributed by atoms with Gasteiger partial charge in [-0.15, -0.1) is 0 Å². The highest BCUT2D eigenvalue weighted by molar-refractivity contribution is 8.18. The normalized spacial score (nSPS) is 14.2. The first-order chi connectivity index (χ1) is 17.3. The number of carbonyl (C=O) groups excluding carboxylic acids is 3. The number of nitro benzene ring substituents is 1. The van der Waals surface area contributed by atoms with Gasteiger partial charge >= 0.3 is 0 Å². The number of nitrogens with zero attached hydrogens (tertiary/aromatic N) is 2. The Labute approximate surface area is 210 Å². The lowest BCUT2D eigenvalue weighted by Crippen LogP contribution is -2.27. The molecule has 4 rings (SSSR count). The first kappa shape index (κ1) is 24.7. The second kappa shape index (κ2) is 10.9. The summed E-state index contributed by atoms with van der Waals surface area (Å²) in [5, 5.41) is 13.3. The summed E-state index contributed by atoms with van der Waals surface area (Å²) in [4.78, 5) is 49.0. The maximum atomic E-state index is 12.8. The third-order valence-electron chi connectivity index (χ3n) is 5.22. The molecule has 9 nitrogen and oxygen atoms in total. The number of hydrogen-bond donors (Lipinski definition) is 1. The fraction of sp³-hybridized carbons (Fsp3) is 0.115. The number of anilines is 1. The van der Waals surface area contributed by atoms with E-state index in [0.29, 0.717) is 22.6 Å². The summed E-state index contributed by atoms with van der Waals surface area (Å²) in [6.45, 7) is 1.74. The van der Waals surface area contributed by atoms with Gasteiger partial charge in [0.05, 0.1) is 16.4 Å². The highest BCUT2D eigenvalue weighted by Gasteiger charge is 2.35. The molecule has 0 bridgehead atoms. The first-order valence-electron chi connectivity index (χ1n) is 10.9. The molecule has 0 spiro atoms. The predicted octanol–water partition coefficient (Wildman–Crippen LogP) is 5.16. The van der Waals surface area contributed by atoms with E-state index in [-0.39, 0.29) is 29.7 Å². The van der Waals surface area contributed by atoms with Crippen LogP contribution in [0.5, 0.6) is 5.75 Å². The van der Waals surface area contributed by atoms with E-state index in [4.69, 9.17) is 4.74 Å². The molecule has 36 heavy (non-hydrogen) atoms. The number of thioether (sulfide) groups is 1. The molecule has 0 radical (unpaired) electrons. The second-order valence-electron chi connectivity index (χ2n) is 7.97. The quantitative estimate of drug-likeness (QED) is 0.256. The van der Waals surface area contributed by atoms with E-state index < -0.39 is 16.1 Å². The third-order valence-corrected chi connectivity index (χ3v) is 6.13. The number of carbonyl (C=O) groups is 3. The number of benzene rings is 3. The summed E-state index contributed by atoms with van der Waals surface area (Å²) >= 11 is 0.807. The van der Waals surface area contributed by atoms with Crippen LogP contribution in [0.4, 0.5) is 16.2 Å². The molecule has 0 saturated carbocycles. The molecule has 0 unspecified atom stereocenters. The summed E-state index contributed by atoms with van der Waals surface area (Å²) < 4.78 is 5.52. The minimum Gasteiger partial charge on any atom is -0.484 e. The van der Waals surface area contributed by atoms with Crippen molar-refractivity contribution in [2.24, 2.45) is 0 Å². The monoisotopic (exact) mass is 503 g/mol. The van der Waals surface area contributed by atoms with Crippen LogP contribution in [0, 0.1) is 17.0 Å². The number of ether oxygens (including phenoxy) is 1. The smallest absolute Gasteiger partial charge is 0.293 e. The van der Waals surface area contributed by atoms with Crippen LogP contribution in [-0.4, -0.2) is 33.5 Å². The van der Waals surface area contributed by atoms with Crippen molar-refractivity contribution in [3.63, 3.8) is 0 Å². The van der Waals surface area contributed by atoms with Gasteiger partial charge < -0.3 is 10.1 Å². The van der Waals surface area contributed by atoms with Gasteiger partial charge in [0.15, 0.2) is 6.61 Å². The lowest BCUT2D eigenvalue weighted by Gasteiger charge is -2.12. The van der Waals surface area contributed by atoms with Crippen LogP contribution in [-0.2, 0) is 16.1 Å². The van der Waals surface area contributed by atoms with E-state index in [2.05, 4.69) is 5.32 Å². The Kier molecular flexibility index (Phi) is 7.45. The Hall–Kier alpha value is -4.44. The maximum absolute atomic E-state index is 12.8. The van der Waals surface area contributed by atoms with E-state index in [9.17, 15) is 24.5 Å². The Morgan fingerprint density at radius 1 is 1.08 bits per heavy atom. The maximum Gasteiger partial charge on any atom is 0.293 e. The molecule has 1 aliphatic rings. The van der Waals surface area contributed by atoms with Crippen LogP contribution in [0.15, 0.2) is 77.7 Å². The molecular formula is C26H21N3O6S. The molecule has 1 saturated heterocycles. The number of nitro groups is 1. The fourth-order valence-corrected chi connectivity index (χ4v) is 4.22. The van der Waals surface area contributed by atoms with Crippen molar-refractivity contribution < 1.29 is 24.0 Å². The zero-order valence-electron chi connectivity index (χ0n) is 19.2. The number of amides is 3. The number of imide groups is 1. The standard InChI is InChI=1S/C26H21N3O6S/c1-17-5-9-20(10-6-17)27-24(30)16-35-22-11-7-18(8-12-22)14-23-25(31)28(26(32)36-23)15-19-3-2-4-21(13-19)29(33)34/h2-14H,15-16H2,1H3,(H,27,30)/b23-14+. The van der Waals surface area contributed by atoms with Crippen molar-refractivity contribution in [2.75, 3.05) is 11.9 Å². The van der Waals surface area contributed by atoms with E-state index in [1.807, 2.05) is 31.2 Å². The van der Waals surface area contributed by atoms with E-state index >= 15 is 0 Å². The minimum atomic E-state index is -0.527. The molecule has 182 valence electrons. The van der Waals surface area contributed by atoms with Gasteiger partial charge in [0.2, 0.25) is 0 Å². The van der Waals surface area contributed by atoms with Crippen LogP contribution in [0.3, 0.4) is 0 Å². The van der Waals surface area contributed by atoms with Crippen molar-refractivity contribution in [1.82, 2.24) is 4.90 Å². The van der Waals surface area contributed by atoms with Gasteiger partial charge in [0.25, 0.3) is 22.7 Å². The highest BCUT2D eigenvalue weighted by Crippen LogP contribution is 2.33. The van der Waals surface area contributed by atoms with Crippen LogP contribution in [0.25, 0.3) is 6.08 Å². The van der Waals surface area contributed by atoms with Crippen LogP contribution in [0.1, 0.15) is 16.7 Å². The van der Waals surface area contributed by atoms with Crippen LogP contribution < -0.4 is 10.1 Å². The average molecular weight is 504 g/mol. The van der Waals surface area contributed by atoms with Gasteiger partial charge in [-0.25, -0.2) is 0 Å². The molecule has 1 heterocycles. The van der Waals surface area contributed by atoms with Gasteiger partial charge in [0, 0.05) is 17.8 Å². The number of aryl methyl sites for hydroxylation is 1. The molecule has 3 amide bonds. The molecule has 0 atom stereocenters. The molecule has 3 aromatic carbocycles. The first-order valence-corrected chi connectivity index (χ1v) is 11.7. The number of rotatable bonds is 8. The van der Waals surface area contributed by atoms with E-state index in [1.165, 1.54) is 18.2 Å². The van der Waals surface area contributed by atoms with Gasteiger partial charge in [-0.3, -0.25) is 29.4 Å². The summed E-state index contributed by atoms with van der Waals surface area (Å²) in [7, 11) is 0. The zero-order chi connectivity index (χ0) is 25.7. The van der Waals surface area contributed by atoms with Gasteiger partial charge in [0.1, 0.15) is 5.75 Å². The van der Waals surface area contributed by atoms with E-state index in [1.54, 1.807) is 36.4 Å². The molecule has 1 N–H and O–H groups in total. The topological polar surface area (TPSA) is 119 Å². The molecule has 1 fully saturated rings. The van der Waals surface area contributed by atoms with Crippen molar-refractivity contribution in [2.45, 2.75) is 13.5 Å². The molecule has 0 aliphatic carbocycles. The average Bonchev–Trinajstić information content (AvgIpc) is 3.12. The fourth-order valence-electron chi connectivity index (χ4n) is 3.38. The van der Waals surface area contributed by atoms with Crippen molar-refractivity contribution >= 4 is 46.3 Å². The molecular weight excluding hydrogens is 482 g/mol. The summed E-state index contributed by atoms with van der Waals surface area (Å²) in [5.74, 6) is -0.282. The van der Waals surface area contributed by atoms with Crippen molar-refractivity contribution in [3.8, 4) is 5.75 Å². The number of non-ortho nitro benzene ring substituents is 1. The lowest BCUT2D eigenvalue weighted by molar-refractivity contribution is -0.384. The SMILES string of the molecule is Cc1ccc(NC(=O)COc2ccc(/C=C3/SC(=O)N(Cc4cccc([N+](=O)[O-])c4)C3=O)cc2)cc1. The number of nitrogens with one attached hydrogen (secondary N) is 1.